The van der Waals surface area contributed by atoms with Crippen LogP contribution in [0.5, 0.6) is 0 Å². The maximum absolute atomic E-state index is 12.7. The SMILES string of the molecule is CC(C)(C)NC(=O)C1CSCN1S(=O)(=O)c1ccc(Cl)nc1. The van der Waals surface area contributed by atoms with Gasteiger partial charge in [0.15, 0.2) is 0 Å². The molecule has 1 aromatic heterocycles. The summed E-state index contributed by atoms with van der Waals surface area (Å²) in [6, 6.07) is 2.10. The largest absolute Gasteiger partial charge is 0.350 e. The molecule has 122 valence electrons. The molecular formula is C13H18ClN3O3S2. The highest BCUT2D eigenvalue weighted by Gasteiger charge is 2.40. The fourth-order valence-corrected chi connectivity index (χ4v) is 5.18. The third-order valence-corrected chi connectivity index (χ3v) is 6.19. The standard InChI is InChI=1S/C13H18ClN3O3S2/c1-13(2,3)16-12(18)10-7-21-8-17(10)22(19,20)9-4-5-11(14)15-6-9/h4-6,10H,7-8H2,1-3H3,(H,16,18). The highest BCUT2D eigenvalue weighted by atomic mass is 35.5. The molecule has 1 amide bonds. The molecule has 0 saturated carbocycles. The van der Waals surface area contributed by atoms with Crippen LogP contribution in [0, 0.1) is 0 Å². The van der Waals surface area contributed by atoms with Crippen LogP contribution in [0.1, 0.15) is 20.8 Å². The van der Waals surface area contributed by atoms with Gasteiger partial charge in [0.25, 0.3) is 0 Å². The van der Waals surface area contributed by atoms with E-state index in [1.54, 1.807) is 0 Å². The zero-order valence-corrected chi connectivity index (χ0v) is 14.9. The lowest BCUT2D eigenvalue weighted by Gasteiger charge is -2.27. The van der Waals surface area contributed by atoms with Crippen LogP contribution >= 0.6 is 23.4 Å². The van der Waals surface area contributed by atoms with Crippen LogP contribution in [0.4, 0.5) is 0 Å². The second kappa shape index (κ2) is 6.35. The van der Waals surface area contributed by atoms with E-state index in [-0.39, 0.29) is 21.8 Å². The summed E-state index contributed by atoms with van der Waals surface area (Å²) in [5, 5.41) is 3.05. The number of halogens is 1. The van der Waals surface area contributed by atoms with Crippen LogP contribution in [-0.2, 0) is 14.8 Å². The molecule has 1 unspecified atom stereocenters. The molecule has 1 aliphatic heterocycles. The fraction of sp³-hybridized carbons (Fsp3) is 0.538. The van der Waals surface area contributed by atoms with Gasteiger partial charge in [0.1, 0.15) is 16.1 Å². The molecule has 9 heteroatoms. The number of nitrogens with zero attached hydrogens (tertiary/aromatic N) is 2. The van der Waals surface area contributed by atoms with Crippen molar-refractivity contribution >= 4 is 39.3 Å². The van der Waals surface area contributed by atoms with Crippen LogP contribution in [0.2, 0.25) is 5.15 Å². The lowest BCUT2D eigenvalue weighted by Crippen LogP contribution is -2.52. The first-order valence-electron chi connectivity index (χ1n) is 6.64. The van der Waals surface area contributed by atoms with E-state index in [0.717, 1.165) is 0 Å². The number of thioether (sulfide) groups is 1. The molecule has 0 aliphatic carbocycles. The minimum atomic E-state index is -3.77. The third kappa shape index (κ3) is 3.92. The Morgan fingerprint density at radius 3 is 2.68 bits per heavy atom. The fourth-order valence-electron chi connectivity index (χ4n) is 1.97. The number of carbonyl (C=O) groups is 1. The minimum Gasteiger partial charge on any atom is -0.350 e. The first-order valence-corrected chi connectivity index (χ1v) is 9.62. The first kappa shape index (κ1) is 17.5. The molecule has 0 bridgehead atoms. The number of nitrogens with one attached hydrogen (secondary N) is 1. The van der Waals surface area contributed by atoms with Gasteiger partial charge in [0, 0.05) is 17.5 Å². The molecule has 2 rings (SSSR count). The van der Waals surface area contributed by atoms with Gasteiger partial charge in [0.2, 0.25) is 15.9 Å². The third-order valence-electron chi connectivity index (χ3n) is 2.95. The lowest BCUT2D eigenvalue weighted by molar-refractivity contribution is -0.125. The van der Waals surface area contributed by atoms with Crippen LogP contribution in [0.15, 0.2) is 23.2 Å². The van der Waals surface area contributed by atoms with Crippen LogP contribution in [0.3, 0.4) is 0 Å². The Morgan fingerprint density at radius 2 is 2.14 bits per heavy atom. The van der Waals surface area contributed by atoms with Crippen molar-refractivity contribution in [3.05, 3.63) is 23.5 Å². The Labute approximate surface area is 139 Å². The molecule has 1 fully saturated rings. The van der Waals surface area contributed by atoms with Gasteiger partial charge in [-0.15, -0.1) is 11.8 Å². The topological polar surface area (TPSA) is 79.4 Å². The van der Waals surface area contributed by atoms with Crippen molar-refractivity contribution in [2.75, 3.05) is 11.6 Å². The zero-order valence-electron chi connectivity index (χ0n) is 12.5. The van der Waals surface area contributed by atoms with Crippen molar-refractivity contribution < 1.29 is 13.2 Å². The summed E-state index contributed by atoms with van der Waals surface area (Å²) in [5.74, 6) is 0.387. The average molecular weight is 364 g/mol. The number of aromatic nitrogens is 1. The van der Waals surface area contributed by atoms with E-state index in [4.69, 9.17) is 11.6 Å². The molecule has 1 N–H and O–H groups in total. The lowest BCUT2D eigenvalue weighted by atomic mass is 10.1. The van der Waals surface area contributed by atoms with E-state index in [1.807, 2.05) is 20.8 Å². The average Bonchev–Trinajstić information content (AvgIpc) is 2.87. The van der Waals surface area contributed by atoms with Gasteiger partial charge < -0.3 is 5.32 Å². The monoisotopic (exact) mass is 363 g/mol. The zero-order chi connectivity index (χ0) is 16.5. The summed E-state index contributed by atoms with van der Waals surface area (Å²) in [6.45, 7) is 5.57. The molecule has 0 aromatic carbocycles. The van der Waals surface area contributed by atoms with Crippen molar-refractivity contribution in [2.24, 2.45) is 0 Å². The minimum absolute atomic E-state index is 0.0351. The van der Waals surface area contributed by atoms with E-state index in [0.29, 0.717) is 5.75 Å². The van der Waals surface area contributed by atoms with Gasteiger partial charge in [-0.3, -0.25) is 4.79 Å². The predicted octanol–water partition coefficient (Wildman–Crippen LogP) is 1.71. The number of hydrogen-bond acceptors (Lipinski definition) is 5. The van der Waals surface area contributed by atoms with Gasteiger partial charge in [-0.05, 0) is 32.9 Å². The first-order chi connectivity index (χ1) is 10.1. The number of amides is 1. The molecule has 0 spiro atoms. The van der Waals surface area contributed by atoms with E-state index in [1.165, 1.54) is 34.4 Å². The molecule has 22 heavy (non-hydrogen) atoms. The van der Waals surface area contributed by atoms with Gasteiger partial charge in [-0.25, -0.2) is 13.4 Å². The molecule has 1 aliphatic rings. The Kier molecular flexibility index (Phi) is 5.06. The number of rotatable bonds is 3. The summed E-state index contributed by atoms with van der Waals surface area (Å²) in [7, 11) is -3.77. The summed E-state index contributed by atoms with van der Waals surface area (Å²) < 4.78 is 26.6. The molecule has 6 nitrogen and oxygen atoms in total. The molecule has 1 atom stereocenters. The summed E-state index contributed by atoms with van der Waals surface area (Å²) in [6.07, 6.45) is 1.21. The Hall–Kier alpha value is -0.830. The number of hydrogen-bond donors (Lipinski definition) is 1. The van der Waals surface area contributed by atoms with E-state index in [2.05, 4.69) is 10.3 Å². The summed E-state index contributed by atoms with van der Waals surface area (Å²) in [5.41, 5.74) is -0.415. The van der Waals surface area contributed by atoms with Gasteiger partial charge in [-0.1, -0.05) is 11.6 Å². The van der Waals surface area contributed by atoms with Gasteiger partial charge in [-0.2, -0.15) is 4.31 Å². The second-order valence-electron chi connectivity index (χ2n) is 5.96. The molecule has 1 aromatic rings. The molecule has 1 saturated heterocycles. The normalized spacial score (nSPS) is 20.1. The van der Waals surface area contributed by atoms with Gasteiger partial charge in [0.05, 0.1) is 5.88 Å². The van der Waals surface area contributed by atoms with E-state index >= 15 is 0 Å². The molecular weight excluding hydrogens is 346 g/mol. The maximum atomic E-state index is 12.7. The molecule has 2 heterocycles. The van der Waals surface area contributed by atoms with Crippen LogP contribution in [-0.4, -0.2) is 46.8 Å². The number of pyridine rings is 1. The van der Waals surface area contributed by atoms with Crippen LogP contribution in [0.25, 0.3) is 0 Å². The van der Waals surface area contributed by atoms with E-state index in [9.17, 15) is 13.2 Å². The summed E-state index contributed by atoms with van der Waals surface area (Å²) in [4.78, 5) is 16.2. The van der Waals surface area contributed by atoms with Crippen molar-refractivity contribution in [3.8, 4) is 0 Å². The van der Waals surface area contributed by atoms with Crippen molar-refractivity contribution in [1.29, 1.82) is 0 Å². The van der Waals surface area contributed by atoms with Crippen molar-refractivity contribution in [3.63, 3.8) is 0 Å². The predicted molar refractivity (Wildman–Crippen MR) is 87.3 cm³/mol. The Bertz CT molecular complexity index is 656. The highest BCUT2D eigenvalue weighted by molar-refractivity contribution is 8.00. The van der Waals surface area contributed by atoms with Crippen LogP contribution < -0.4 is 5.32 Å². The van der Waals surface area contributed by atoms with Crippen molar-refractivity contribution in [2.45, 2.75) is 37.2 Å². The Morgan fingerprint density at radius 1 is 1.45 bits per heavy atom. The van der Waals surface area contributed by atoms with Crippen molar-refractivity contribution in [1.82, 2.24) is 14.6 Å². The van der Waals surface area contributed by atoms with Gasteiger partial charge >= 0.3 is 0 Å². The smallest absolute Gasteiger partial charge is 0.246 e. The number of sulfonamides is 1. The molecule has 0 radical (unpaired) electrons. The van der Waals surface area contributed by atoms with E-state index < -0.39 is 21.6 Å². The number of carbonyl (C=O) groups excluding carboxylic acids is 1. The summed E-state index contributed by atoms with van der Waals surface area (Å²) >= 11 is 7.09. The highest BCUT2D eigenvalue weighted by Crippen LogP contribution is 2.28. The Balaban J connectivity index is 2.26. The maximum Gasteiger partial charge on any atom is 0.246 e. The second-order valence-corrected chi connectivity index (χ2v) is 9.24. The quantitative estimate of drug-likeness (QED) is 0.827.